The van der Waals surface area contributed by atoms with Crippen molar-refractivity contribution in [3.8, 4) is 0 Å². The molecule has 3 saturated heterocycles. The highest BCUT2D eigenvalue weighted by Gasteiger charge is 2.25. The molecule has 3 aliphatic rings. The number of aromatic carboxylic acids is 1. The standard InChI is InChI=1S/C28H30N6O3S.C20H24N6OS.C20H25N3O.C8H7N3O2S.ClH/c1-19-17-31-24-23(29)25(38-27(24)32-19)26(35)30-12-11-20-7-9-22(10-8-20)33-13-15-34(16-14-33)28(36)37-18-21-5-3-2-4-6-21;1-13-12-24-17-16(21)18(28-20(17)25-13)19(27)23-7-6-14-2-4-15(5-3-14)26-10-8-22-9-11-26;21-11-10-17-6-8-19(9-7-17)23-14-12-22(13-15-23)16-20(24)18-4-2-1-3-5-18;1-3-2-10-5-4(9)6(8(12)13)14-7(5)11-3;/h2-10,17H,11-16,18,29H2,1H3,(H,30,35);2-5,12,22H,6-11,21H2,1H3,(H,23,27);1-9H,10-16,21H2;2H,9H2,1H3,(H,12,13);1H. The van der Waals surface area contributed by atoms with E-state index in [1.54, 1.807) is 30.4 Å². The van der Waals surface area contributed by atoms with Gasteiger partial charge in [0.1, 0.15) is 52.3 Å². The zero-order chi connectivity index (χ0) is 73.1. The number of piperazine rings is 3. The smallest absolute Gasteiger partial charge is 0.410 e. The zero-order valence-electron chi connectivity index (χ0n) is 58.8. The van der Waals surface area contributed by atoms with E-state index in [0.717, 1.165) is 129 Å². The van der Waals surface area contributed by atoms with Gasteiger partial charge in [-0.25, -0.2) is 39.5 Å². The molecule has 3 amide bonds. The molecule has 0 saturated carbocycles. The fourth-order valence-corrected chi connectivity index (χ4v) is 14.9. The Morgan fingerprint density at radius 2 is 0.886 bits per heavy atom. The van der Waals surface area contributed by atoms with Gasteiger partial charge in [-0.3, -0.25) is 19.3 Å². The number of nitrogens with zero attached hydrogens (tertiary/aromatic N) is 11. The number of fused-ring (bicyclic) bond motifs is 3. The molecule has 12 N–H and O–H groups in total. The molecular weight excluding hydrogens is 1410 g/mol. The molecule has 105 heavy (non-hydrogen) atoms. The number of hydrogen-bond acceptors (Lipinski definition) is 24. The minimum absolute atomic E-state index is 0. The molecule has 6 aromatic heterocycles. The summed E-state index contributed by atoms with van der Waals surface area (Å²) in [6.45, 7) is 18.7. The fraction of sp³-hybridized carbons (Fsp3) is 0.303. The Hall–Kier alpha value is -10.5. The molecule has 0 atom stereocenters. The van der Waals surface area contributed by atoms with Crippen LogP contribution in [0.3, 0.4) is 0 Å². The summed E-state index contributed by atoms with van der Waals surface area (Å²) >= 11 is 3.60. The first-order valence-electron chi connectivity index (χ1n) is 34.5. The third-order valence-electron chi connectivity index (χ3n) is 17.7. The first-order valence-corrected chi connectivity index (χ1v) is 36.9. The number of aryl methyl sites for hydroxylation is 3. The van der Waals surface area contributed by atoms with Crippen LogP contribution in [0.4, 0.5) is 38.9 Å². The number of carbonyl (C=O) groups is 5. The maximum atomic E-state index is 12.7. The van der Waals surface area contributed by atoms with Gasteiger partial charge in [0.2, 0.25) is 0 Å². The Labute approximate surface area is 627 Å². The van der Waals surface area contributed by atoms with Gasteiger partial charge >= 0.3 is 12.1 Å². The van der Waals surface area contributed by atoms with Gasteiger partial charge in [0, 0.05) is 133 Å². The number of Topliss-reactive ketones (excluding diaryl/α,β-unsaturated/α-hetero) is 1. The molecule has 14 rings (SSSR count). The number of aromatic nitrogens is 6. The normalized spacial score (nSPS) is 13.7. The molecule has 11 aromatic rings. The lowest BCUT2D eigenvalue weighted by atomic mass is 10.1. The minimum Gasteiger partial charge on any atom is -0.477 e. The number of hydrogen-bond donors (Lipinski definition) is 8. The van der Waals surface area contributed by atoms with Crippen molar-refractivity contribution in [1.82, 2.24) is 55.7 Å². The van der Waals surface area contributed by atoms with Crippen LogP contribution in [0.5, 0.6) is 0 Å². The van der Waals surface area contributed by atoms with Crippen molar-refractivity contribution in [2.24, 2.45) is 5.73 Å². The molecule has 3 aliphatic heterocycles. The molecule has 0 aliphatic carbocycles. The van der Waals surface area contributed by atoms with E-state index in [1.807, 2.05) is 74.5 Å². The van der Waals surface area contributed by atoms with Crippen LogP contribution >= 0.6 is 46.4 Å². The van der Waals surface area contributed by atoms with Crippen molar-refractivity contribution in [1.29, 1.82) is 0 Å². The van der Waals surface area contributed by atoms with E-state index in [4.69, 9.17) is 32.8 Å². The van der Waals surface area contributed by atoms with Crippen molar-refractivity contribution >= 4 is 141 Å². The van der Waals surface area contributed by atoms with Gasteiger partial charge in [0.25, 0.3) is 11.8 Å². The van der Waals surface area contributed by atoms with E-state index in [1.165, 1.54) is 45.2 Å². The topological polar surface area (TPSA) is 349 Å². The number of carboxylic acid groups (broad SMARTS) is 1. The van der Waals surface area contributed by atoms with Crippen LogP contribution in [-0.2, 0) is 30.6 Å². The molecule has 0 unspecified atom stereocenters. The molecule has 5 aromatic carbocycles. The third kappa shape index (κ3) is 20.7. The first-order chi connectivity index (χ1) is 50.4. The summed E-state index contributed by atoms with van der Waals surface area (Å²) in [4.78, 5) is 100. The lowest BCUT2D eigenvalue weighted by Gasteiger charge is -2.35. The van der Waals surface area contributed by atoms with Crippen molar-refractivity contribution in [2.75, 3.05) is 137 Å². The molecule has 0 radical (unpaired) electrons. The number of ketones is 1. The maximum Gasteiger partial charge on any atom is 0.410 e. The summed E-state index contributed by atoms with van der Waals surface area (Å²) in [6.07, 6.45) is 7.01. The lowest BCUT2D eigenvalue weighted by Crippen LogP contribution is -2.48. The van der Waals surface area contributed by atoms with Gasteiger partial charge in [-0.2, -0.15) is 0 Å². The van der Waals surface area contributed by atoms with Gasteiger partial charge in [-0.05, 0) is 105 Å². The predicted molar refractivity (Wildman–Crippen MR) is 423 cm³/mol. The largest absolute Gasteiger partial charge is 0.477 e. The lowest BCUT2D eigenvalue weighted by molar-refractivity contribution is 0.0702. The second kappa shape index (κ2) is 37.3. The summed E-state index contributed by atoms with van der Waals surface area (Å²) in [5.41, 5.74) is 37.4. The molecule has 0 bridgehead atoms. The number of rotatable bonds is 19. The predicted octanol–water partition coefficient (Wildman–Crippen LogP) is 9.87. The summed E-state index contributed by atoms with van der Waals surface area (Å²) in [7, 11) is 0. The fourth-order valence-electron chi connectivity index (χ4n) is 12.0. The Balaban J connectivity index is 0.000000157. The van der Waals surface area contributed by atoms with Crippen LogP contribution in [0.2, 0.25) is 0 Å². The number of benzene rings is 5. The van der Waals surface area contributed by atoms with E-state index in [0.29, 0.717) is 97.9 Å². The van der Waals surface area contributed by atoms with Crippen LogP contribution in [-0.4, -0.2) is 179 Å². The zero-order valence-corrected chi connectivity index (χ0v) is 62.1. The quantitative estimate of drug-likeness (QED) is 0.0349. The molecule has 25 nitrogen and oxygen atoms in total. The summed E-state index contributed by atoms with van der Waals surface area (Å²) in [6, 6.07) is 44.8. The Morgan fingerprint density at radius 1 is 0.495 bits per heavy atom. The van der Waals surface area contributed by atoms with Crippen LogP contribution in [0, 0.1) is 20.8 Å². The molecule has 29 heteroatoms. The van der Waals surface area contributed by atoms with Gasteiger partial charge in [0.15, 0.2) is 5.78 Å². The Kier molecular flexibility index (Phi) is 27.4. The number of amides is 3. The molecule has 3 fully saturated rings. The van der Waals surface area contributed by atoms with E-state index in [2.05, 4.69) is 138 Å². The van der Waals surface area contributed by atoms with E-state index < -0.39 is 5.97 Å². The van der Waals surface area contributed by atoms with Crippen LogP contribution in [0.25, 0.3) is 31.0 Å². The number of halogens is 1. The molecular formula is C76H87ClN18O7S3. The average Bonchev–Trinajstić information content (AvgIpc) is 1.67. The van der Waals surface area contributed by atoms with Gasteiger partial charge < -0.3 is 68.3 Å². The number of ether oxygens (including phenoxy) is 1. The van der Waals surface area contributed by atoms with Gasteiger partial charge in [0.05, 0.1) is 40.7 Å². The van der Waals surface area contributed by atoms with Gasteiger partial charge in [-0.15, -0.1) is 46.4 Å². The first kappa shape index (κ1) is 77.2. The van der Waals surface area contributed by atoms with E-state index >= 15 is 0 Å². The number of nitrogen functional groups attached to an aromatic ring is 3. The highest BCUT2D eigenvalue weighted by atomic mass is 35.5. The Bertz CT molecular complexity index is 4720. The van der Waals surface area contributed by atoms with Crippen LogP contribution < -0.4 is 53.6 Å². The SMILES string of the molecule is Cc1cnc2c(N)c(C(=O)NCCc3ccc(N4CCN(C(=O)OCc5ccccc5)CC4)cc3)sc2n1.Cc1cnc2c(N)c(C(=O)NCCc3ccc(N4CCNCC4)cc3)sc2n1.Cc1cnc2c(N)c(C(=O)O)sc2n1.Cl.NCCc1ccc(N2CCN(CC(=O)c3ccccc3)CC2)cc1. The van der Waals surface area contributed by atoms with E-state index in [9.17, 15) is 24.0 Å². The van der Waals surface area contributed by atoms with Crippen molar-refractivity contribution < 1.29 is 33.8 Å². The maximum absolute atomic E-state index is 12.7. The second-order valence-corrected chi connectivity index (χ2v) is 28.2. The molecule has 9 heterocycles. The molecule has 0 spiro atoms. The van der Waals surface area contributed by atoms with Gasteiger partial charge in [-0.1, -0.05) is 97.1 Å². The average molecular weight is 1500 g/mol. The number of thiophene rings is 3. The van der Waals surface area contributed by atoms with Crippen LogP contribution in [0.15, 0.2) is 152 Å². The van der Waals surface area contributed by atoms with Crippen molar-refractivity contribution in [3.05, 3.63) is 212 Å². The summed E-state index contributed by atoms with van der Waals surface area (Å²) in [5.74, 6) is -1.21. The van der Waals surface area contributed by atoms with Crippen molar-refractivity contribution in [2.45, 2.75) is 46.6 Å². The third-order valence-corrected chi connectivity index (χ3v) is 21.0. The highest BCUT2D eigenvalue weighted by molar-refractivity contribution is 7.21. The number of nitrogens with two attached hydrogens (primary N) is 4. The Morgan fingerprint density at radius 3 is 1.31 bits per heavy atom. The van der Waals surface area contributed by atoms with Crippen molar-refractivity contribution in [3.63, 3.8) is 0 Å². The number of carbonyl (C=O) groups excluding carboxylic acids is 4. The van der Waals surface area contributed by atoms with Crippen LogP contribution in [0.1, 0.15) is 78.7 Å². The minimum atomic E-state index is -1.04. The molecule has 548 valence electrons. The monoisotopic (exact) mass is 1490 g/mol. The number of anilines is 6. The second-order valence-electron chi connectivity index (χ2n) is 25.2. The number of nitrogens with one attached hydrogen (secondary N) is 3. The number of carboxylic acids is 1. The summed E-state index contributed by atoms with van der Waals surface area (Å²) < 4.78 is 5.46. The summed E-state index contributed by atoms with van der Waals surface area (Å²) in [5, 5.41) is 18.1. The highest BCUT2D eigenvalue weighted by Crippen LogP contribution is 2.34. The van der Waals surface area contributed by atoms with E-state index in [-0.39, 0.29) is 53.3 Å².